The van der Waals surface area contributed by atoms with E-state index in [0.717, 1.165) is 47.2 Å². The van der Waals surface area contributed by atoms with E-state index in [2.05, 4.69) is 15.3 Å². The van der Waals surface area contributed by atoms with Crippen LogP contribution in [0.1, 0.15) is 34.7 Å². The van der Waals surface area contributed by atoms with Crippen LogP contribution in [-0.2, 0) is 0 Å². The van der Waals surface area contributed by atoms with Crippen molar-refractivity contribution in [1.82, 2.24) is 19.9 Å². The van der Waals surface area contributed by atoms with Crippen LogP contribution in [0.3, 0.4) is 0 Å². The fraction of sp³-hybridized carbons (Fsp3) is 0.409. The monoisotopic (exact) mass is 441 g/mol. The molecule has 2 aromatic heterocycles. The summed E-state index contributed by atoms with van der Waals surface area (Å²) in [4.78, 5) is 20.0. The molecule has 3 heterocycles. The summed E-state index contributed by atoms with van der Waals surface area (Å²) in [6, 6.07) is 7.21. The molecular weight excluding hydrogens is 414 g/mol. The van der Waals surface area contributed by atoms with Gasteiger partial charge in [-0.2, -0.15) is 16.9 Å². The molecule has 0 saturated carbocycles. The van der Waals surface area contributed by atoms with E-state index in [-0.39, 0.29) is 11.9 Å². The lowest BCUT2D eigenvalue weighted by Gasteiger charge is -2.28. The number of aromatic nitrogens is 3. The average molecular weight is 442 g/mol. The number of aryl methyl sites for hydroxylation is 1. The summed E-state index contributed by atoms with van der Waals surface area (Å²) >= 11 is 1.95. The van der Waals surface area contributed by atoms with Gasteiger partial charge in [-0.3, -0.25) is 4.79 Å². The first-order chi connectivity index (χ1) is 15.0. The molecule has 0 aliphatic carbocycles. The van der Waals surface area contributed by atoms with Gasteiger partial charge in [0.25, 0.3) is 5.91 Å². The van der Waals surface area contributed by atoms with Crippen LogP contribution in [-0.4, -0.2) is 59.3 Å². The molecule has 31 heavy (non-hydrogen) atoms. The van der Waals surface area contributed by atoms with Crippen LogP contribution in [0.2, 0.25) is 0 Å². The number of ether oxygens (including phenoxy) is 2. The van der Waals surface area contributed by atoms with Crippen molar-refractivity contribution >= 4 is 29.0 Å². The molecule has 1 atom stereocenters. The van der Waals surface area contributed by atoms with Crippen LogP contribution in [0.15, 0.2) is 30.5 Å². The zero-order valence-electron chi connectivity index (χ0n) is 18.2. The molecule has 8 nitrogen and oxygen atoms in total. The third kappa shape index (κ3) is 4.41. The molecule has 1 N–H and O–H groups in total. The van der Waals surface area contributed by atoms with Gasteiger partial charge in [-0.05, 0) is 31.5 Å². The van der Waals surface area contributed by atoms with E-state index in [4.69, 9.17) is 14.5 Å². The molecule has 1 aliphatic heterocycles. The standard InChI is InChI=1S/C22H27N5O3S/c1-14-13-27-18(21(23-14)26-7-9-31-10-8-26)12-17(25-27)22(28)24-15(2)16-5-6-19(29-3)20(11-16)30-4/h5-6,11-13,15H,7-10H2,1-4H3,(H,24,28)/t15-/m1/s1. The highest BCUT2D eigenvalue weighted by Crippen LogP contribution is 2.30. The molecule has 1 saturated heterocycles. The number of nitrogens with one attached hydrogen (secondary N) is 1. The Morgan fingerprint density at radius 1 is 1.16 bits per heavy atom. The molecule has 164 valence electrons. The number of thioether (sulfide) groups is 1. The maximum Gasteiger partial charge on any atom is 0.272 e. The normalized spacial score (nSPS) is 15.0. The van der Waals surface area contributed by atoms with Crippen molar-refractivity contribution in [1.29, 1.82) is 0 Å². The molecular formula is C22H27N5O3S. The highest BCUT2D eigenvalue weighted by molar-refractivity contribution is 7.99. The van der Waals surface area contributed by atoms with Crippen molar-refractivity contribution in [2.45, 2.75) is 19.9 Å². The number of anilines is 1. The first-order valence-electron chi connectivity index (χ1n) is 10.2. The Morgan fingerprint density at radius 3 is 2.61 bits per heavy atom. The average Bonchev–Trinajstić information content (AvgIpc) is 3.22. The van der Waals surface area contributed by atoms with Gasteiger partial charge >= 0.3 is 0 Å². The van der Waals surface area contributed by atoms with Crippen molar-refractivity contribution in [3.8, 4) is 11.5 Å². The number of carbonyl (C=O) groups excluding carboxylic acids is 1. The topological polar surface area (TPSA) is 81.0 Å². The first kappa shape index (κ1) is 21.3. The van der Waals surface area contributed by atoms with Gasteiger partial charge < -0.3 is 19.7 Å². The van der Waals surface area contributed by atoms with E-state index in [0.29, 0.717) is 17.2 Å². The maximum atomic E-state index is 13.0. The predicted octanol–water partition coefficient (Wildman–Crippen LogP) is 3.10. The molecule has 9 heteroatoms. The number of rotatable bonds is 6. The SMILES string of the molecule is COc1ccc([C@@H](C)NC(=O)c2cc3c(N4CCSCC4)nc(C)cn3n2)cc1OC. The predicted molar refractivity (Wildman–Crippen MR) is 123 cm³/mol. The number of carbonyl (C=O) groups is 1. The summed E-state index contributed by atoms with van der Waals surface area (Å²) in [5, 5.41) is 7.55. The van der Waals surface area contributed by atoms with Crippen LogP contribution in [0.25, 0.3) is 5.52 Å². The molecule has 1 amide bonds. The molecule has 0 spiro atoms. The third-order valence-electron chi connectivity index (χ3n) is 5.35. The van der Waals surface area contributed by atoms with Crippen molar-refractivity contribution in [3.05, 3.63) is 47.4 Å². The highest BCUT2D eigenvalue weighted by atomic mass is 32.2. The number of hydrogen-bond donors (Lipinski definition) is 1. The quantitative estimate of drug-likeness (QED) is 0.629. The van der Waals surface area contributed by atoms with Crippen LogP contribution in [0.4, 0.5) is 5.82 Å². The Kier molecular flexibility index (Phi) is 6.22. The van der Waals surface area contributed by atoms with Gasteiger partial charge in [0.1, 0.15) is 5.52 Å². The van der Waals surface area contributed by atoms with Crippen LogP contribution < -0.4 is 19.7 Å². The molecule has 0 radical (unpaired) electrons. The van der Waals surface area contributed by atoms with Gasteiger partial charge in [-0.1, -0.05) is 6.07 Å². The Bertz CT molecular complexity index is 1090. The lowest BCUT2D eigenvalue weighted by molar-refractivity contribution is 0.0934. The number of amides is 1. The van der Waals surface area contributed by atoms with Gasteiger partial charge in [-0.15, -0.1) is 0 Å². The van der Waals surface area contributed by atoms with E-state index >= 15 is 0 Å². The largest absolute Gasteiger partial charge is 0.493 e. The van der Waals surface area contributed by atoms with Gasteiger partial charge in [0.2, 0.25) is 0 Å². The lowest BCUT2D eigenvalue weighted by atomic mass is 10.1. The van der Waals surface area contributed by atoms with E-state index < -0.39 is 0 Å². The van der Waals surface area contributed by atoms with Gasteiger partial charge in [0.05, 0.1) is 32.2 Å². The van der Waals surface area contributed by atoms with Crippen molar-refractivity contribution in [3.63, 3.8) is 0 Å². The first-order valence-corrected chi connectivity index (χ1v) is 11.4. The second-order valence-corrected chi connectivity index (χ2v) is 8.70. The summed E-state index contributed by atoms with van der Waals surface area (Å²) in [5.74, 6) is 4.08. The van der Waals surface area contributed by atoms with Crippen LogP contribution in [0, 0.1) is 6.92 Å². The van der Waals surface area contributed by atoms with Crippen LogP contribution in [0.5, 0.6) is 11.5 Å². The summed E-state index contributed by atoms with van der Waals surface area (Å²) in [5.41, 5.74) is 3.00. The number of methoxy groups -OCH3 is 2. The molecule has 3 aromatic rings. The van der Waals surface area contributed by atoms with E-state index in [1.165, 1.54) is 0 Å². The highest BCUT2D eigenvalue weighted by Gasteiger charge is 2.21. The molecule has 1 aliphatic rings. The molecule has 0 bridgehead atoms. The van der Waals surface area contributed by atoms with Gasteiger partial charge in [0, 0.05) is 30.7 Å². The van der Waals surface area contributed by atoms with E-state index in [9.17, 15) is 4.79 Å². The minimum atomic E-state index is -0.233. The summed E-state index contributed by atoms with van der Waals surface area (Å²) < 4.78 is 12.4. The zero-order valence-corrected chi connectivity index (χ0v) is 19.0. The number of hydrogen-bond acceptors (Lipinski definition) is 7. The molecule has 1 aromatic carbocycles. The van der Waals surface area contributed by atoms with Gasteiger partial charge in [-0.25, -0.2) is 9.50 Å². The minimum Gasteiger partial charge on any atom is -0.493 e. The Balaban J connectivity index is 1.58. The number of nitrogens with zero attached hydrogens (tertiary/aromatic N) is 4. The van der Waals surface area contributed by atoms with Crippen molar-refractivity contribution in [2.24, 2.45) is 0 Å². The Morgan fingerprint density at radius 2 is 1.90 bits per heavy atom. The summed E-state index contributed by atoms with van der Waals surface area (Å²) in [7, 11) is 3.19. The second kappa shape index (κ2) is 9.05. The van der Waals surface area contributed by atoms with E-state index in [1.54, 1.807) is 18.7 Å². The summed E-state index contributed by atoms with van der Waals surface area (Å²) in [6.07, 6.45) is 1.85. The smallest absolute Gasteiger partial charge is 0.272 e. The van der Waals surface area contributed by atoms with E-state index in [1.807, 2.05) is 56.1 Å². The summed E-state index contributed by atoms with van der Waals surface area (Å²) in [6.45, 7) is 5.76. The molecule has 4 rings (SSSR count). The van der Waals surface area contributed by atoms with Gasteiger partial charge in [0.15, 0.2) is 23.0 Å². The molecule has 1 fully saturated rings. The second-order valence-electron chi connectivity index (χ2n) is 7.47. The number of fused-ring (bicyclic) bond motifs is 1. The number of benzene rings is 1. The fourth-order valence-corrected chi connectivity index (χ4v) is 4.59. The Labute approximate surface area is 185 Å². The maximum absolute atomic E-state index is 13.0. The van der Waals surface area contributed by atoms with Crippen LogP contribution >= 0.6 is 11.8 Å². The van der Waals surface area contributed by atoms with Crippen molar-refractivity contribution < 1.29 is 14.3 Å². The fourth-order valence-electron chi connectivity index (χ4n) is 3.68. The Hall–Kier alpha value is -2.94. The lowest BCUT2D eigenvalue weighted by Crippen LogP contribution is -2.33. The third-order valence-corrected chi connectivity index (χ3v) is 6.30. The zero-order chi connectivity index (χ0) is 22.0. The van der Waals surface area contributed by atoms with Crippen molar-refractivity contribution in [2.75, 3.05) is 43.7 Å². The minimum absolute atomic E-state index is 0.226. The molecule has 0 unspecified atom stereocenters.